The average molecular weight is 358 g/mol. The summed E-state index contributed by atoms with van der Waals surface area (Å²) in [6.45, 7) is 4.13. The molecule has 0 aliphatic carbocycles. The molecule has 136 valence electrons. The molecule has 3 nitrogen and oxygen atoms in total. The molecule has 1 aliphatic heterocycles. The summed E-state index contributed by atoms with van der Waals surface area (Å²) in [4.78, 5) is 0. The fraction of sp³-hybridized carbons (Fsp3) is 0.167. The largest absolute Gasteiger partial charge is 0.508 e. The zero-order valence-electron chi connectivity index (χ0n) is 15.4. The van der Waals surface area contributed by atoms with E-state index in [1.54, 1.807) is 24.3 Å². The molecule has 0 fully saturated rings. The van der Waals surface area contributed by atoms with Crippen molar-refractivity contribution < 1.29 is 14.9 Å². The molecule has 0 amide bonds. The number of benzene rings is 3. The number of phenolic OH excluding ortho intramolecular Hbond substituents is 2. The lowest BCUT2D eigenvalue weighted by molar-refractivity contribution is 0.258. The highest BCUT2D eigenvalue weighted by Crippen LogP contribution is 2.49. The molecule has 0 bridgehead atoms. The molecule has 2 N–H and O–H groups in total. The van der Waals surface area contributed by atoms with Gasteiger partial charge in [-0.1, -0.05) is 49.4 Å². The van der Waals surface area contributed by atoms with Gasteiger partial charge in [-0.15, -0.1) is 0 Å². The minimum Gasteiger partial charge on any atom is -0.508 e. The van der Waals surface area contributed by atoms with Crippen LogP contribution in [0, 0.1) is 0 Å². The number of aryl methyl sites for hydroxylation is 1. The summed E-state index contributed by atoms with van der Waals surface area (Å²) in [7, 11) is 0. The van der Waals surface area contributed by atoms with E-state index in [0.29, 0.717) is 11.3 Å². The van der Waals surface area contributed by atoms with Crippen molar-refractivity contribution in [2.24, 2.45) is 0 Å². The summed E-state index contributed by atoms with van der Waals surface area (Å²) in [6.07, 6.45) is 0.670. The molecule has 4 rings (SSSR count). The lowest BCUT2D eigenvalue weighted by atomic mass is 9.85. The van der Waals surface area contributed by atoms with Crippen LogP contribution in [-0.4, -0.2) is 10.2 Å². The Kier molecular flexibility index (Phi) is 4.36. The van der Waals surface area contributed by atoms with Gasteiger partial charge in [-0.2, -0.15) is 0 Å². The fourth-order valence-corrected chi connectivity index (χ4v) is 3.72. The van der Waals surface area contributed by atoms with Crippen molar-refractivity contribution in [2.75, 3.05) is 0 Å². The van der Waals surface area contributed by atoms with Crippen molar-refractivity contribution in [1.29, 1.82) is 0 Å². The van der Waals surface area contributed by atoms with Crippen LogP contribution in [-0.2, 0) is 6.42 Å². The molecule has 1 aliphatic rings. The normalized spacial score (nSPS) is 16.0. The summed E-state index contributed by atoms with van der Waals surface area (Å²) in [5, 5.41) is 20.4. The lowest BCUT2D eigenvalue weighted by Gasteiger charge is -2.31. The standard InChI is InChI=1S/C24H22O3/c1-3-16-10-12-17(13-11-16)24-22(18-6-4-7-19(25)14-18)15(2)23-20(26)8-5-9-21(23)27-24/h4-14,24-26H,3H2,1-2H3. The number of fused-ring (bicyclic) bond motifs is 1. The molecule has 1 unspecified atom stereocenters. The maximum atomic E-state index is 10.4. The first-order valence-corrected chi connectivity index (χ1v) is 9.16. The molecule has 1 heterocycles. The van der Waals surface area contributed by atoms with Crippen molar-refractivity contribution in [3.8, 4) is 17.2 Å². The smallest absolute Gasteiger partial charge is 0.150 e. The second-order valence-electron chi connectivity index (χ2n) is 6.83. The molecular formula is C24H22O3. The van der Waals surface area contributed by atoms with Crippen LogP contribution in [0.3, 0.4) is 0 Å². The minimum absolute atomic E-state index is 0.197. The Bertz CT molecular complexity index is 1020. The summed E-state index contributed by atoms with van der Waals surface area (Å²) < 4.78 is 6.35. The predicted molar refractivity (Wildman–Crippen MR) is 108 cm³/mol. The van der Waals surface area contributed by atoms with Crippen LogP contribution in [0.4, 0.5) is 0 Å². The van der Waals surface area contributed by atoms with E-state index in [4.69, 9.17) is 4.74 Å². The third kappa shape index (κ3) is 3.06. The van der Waals surface area contributed by atoms with Gasteiger partial charge in [-0.25, -0.2) is 0 Å². The van der Waals surface area contributed by atoms with Gasteiger partial charge >= 0.3 is 0 Å². The van der Waals surface area contributed by atoms with Crippen LogP contribution in [0.2, 0.25) is 0 Å². The number of hydrogen-bond acceptors (Lipinski definition) is 3. The van der Waals surface area contributed by atoms with Gasteiger partial charge in [0.25, 0.3) is 0 Å². The quantitative estimate of drug-likeness (QED) is 0.629. The summed E-state index contributed by atoms with van der Waals surface area (Å²) >= 11 is 0. The first kappa shape index (κ1) is 17.2. The van der Waals surface area contributed by atoms with Crippen molar-refractivity contribution in [2.45, 2.75) is 26.4 Å². The van der Waals surface area contributed by atoms with Gasteiger partial charge in [-0.05, 0) is 59.9 Å². The molecule has 3 heteroatoms. The number of allylic oxidation sites excluding steroid dienone is 1. The summed E-state index contributed by atoms with van der Waals surface area (Å²) in [5.41, 5.74) is 5.79. The van der Waals surface area contributed by atoms with Gasteiger partial charge in [0.2, 0.25) is 0 Å². The molecule has 3 aromatic carbocycles. The second kappa shape index (κ2) is 6.84. The third-order valence-corrected chi connectivity index (χ3v) is 5.14. The van der Waals surface area contributed by atoms with Crippen molar-refractivity contribution >= 4 is 11.1 Å². The van der Waals surface area contributed by atoms with Gasteiger partial charge in [0.1, 0.15) is 23.4 Å². The Balaban J connectivity index is 1.93. The Hall–Kier alpha value is -3.20. The van der Waals surface area contributed by atoms with E-state index in [2.05, 4.69) is 31.2 Å². The highest BCUT2D eigenvalue weighted by molar-refractivity contribution is 5.97. The summed E-state index contributed by atoms with van der Waals surface area (Å²) in [5.74, 6) is 1.07. The first-order chi connectivity index (χ1) is 13.1. The van der Waals surface area contributed by atoms with E-state index in [1.165, 1.54) is 5.56 Å². The van der Waals surface area contributed by atoms with Crippen molar-refractivity contribution in [1.82, 2.24) is 0 Å². The maximum absolute atomic E-state index is 10.4. The van der Waals surface area contributed by atoms with E-state index in [9.17, 15) is 10.2 Å². The molecular weight excluding hydrogens is 336 g/mol. The van der Waals surface area contributed by atoms with Crippen LogP contribution in [0.15, 0.2) is 66.7 Å². The Morgan fingerprint density at radius 3 is 2.37 bits per heavy atom. The number of hydrogen-bond donors (Lipinski definition) is 2. The molecule has 1 atom stereocenters. The lowest BCUT2D eigenvalue weighted by Crippen LogP contribution is -2.16. The van der Waals surface area contributed by atoms with E-state index < -0.39 is 0 Å². The average Bonchev–Trinajstić information content (AvgIpc) is 2.68. The Morgan fingerprint density at radius 1 is 0.926 bits per heavy atom. The second-order valence-corrected chi connectivity index (χ2v) is 6.83. The highest BCUT2D eigenvalue weighted by atomic mass is 16.5. The van der Waals surface area contributed by atoms with Crippen molar-refractivity contribution in [3.63, 3.8) is 0 Å². The monoisotopic (exact) mass is 358 g/mol. The molecule has 0 aromatic heterocycles. The third-order valence-electron chi connectivity index (χ3n) is 5.14. The number of phenols is 2. The Morgan fingerprint density at radius 2 is 1.67 bits per heavy atom. The van der Waals surface area contributed by atoms with Crippen molar-refractivity contribution in [3.05, 3.63) is 89.0 Å². The number of ether oxygens (including phenoxy) is 1. The molecule has 0 saturated heterocycles. The van der Waals surface area contributed by atoms with Crippen LogP contribution < -0.4 is 4.74 Å². The fourth-order valence-electron chi connectivity index (χ4n) is 3.72. The summed E-state index contributed by atoms with van der Waals surface area (Å²) in [6, 6.07) is 20.9. The van der Waals surface area contributed by atoms with E-state index in [0.717, 1.165) is 28.7 Å². The molecule has 0 radical (unpaired) electrons. The maximum Gasteiger partial charge on any atom is 0.150 e. The highest BCUT2D eigenvalue weighted by Gasteiger charge is 2.30. The number of rotatable bonds is 3. The van der Waals surface area contributed by atoms with Gasteiger partial charge in [0.05, 0.1) is 5.56 Å². The van der Waals surface area contributed by atoms with E-state index in [1.807, 2.05) is 25.1 Å². The zero-order chi connectivity index (χ0) is 19.0. The van der Waals surface area contributed by atoms with Crippen LogP contribution in [0.5, 0.6) is 17.2 Å². The van der Waals surface area contributed by atoms with Gasteiger partial charge < -0.3 is 14.9 Å². The van der Waals surface area contributed by atoms with Gasteiger partial charge in [0.15, 0.2) is 0 Å². The molecule has 0 spiro atoms. The van der Waals surface area contributed by atoms with Gasteiger partial charge in [0, 0.05) is 5.57 Å². The number of aromatic hydroxyl groups is 2. The first-order valence-electron chi connectivity index (χ1n) is 9.16. The molecule has 27 heavy (non-hydrogen) atoms. The SMILES string of the molecule is CCc1ccc(C2Oc3cccc(O)c3C(C)=C2c2cccc(O)c2)cc1. The van der Waals surface area contributed by atoms with E-state index in [-0.39, 0.29) is 17.6 Å². The topological polar surface area (TPSA) is 49.7 Å². The van der Waals surface area contributed by atoms with Gasteiger partial charge in [-0.3, -0.25) is 0 Å². The van der Waals surface area contributed by atoms with E-state index >= 15 is 0 Å². The predicted octanol–water partition coefficient (Wildman–Crippen LogP) is 5.72. The van der Waals surface area contributed by atoms with Crippen LogP contribution in [0.25, 0.3) is 11.1 Å². The molecule has 0 saturated carbocycles. The molecule has 3 aromatic rings. The Labute approximate surface area is 159 Å². The zero-order valence-corrected chi connectivity index (χ0v) is 15.4. The minimum atomic E-state index is -0.313. The van der Waals surface area contributed by atoms with Crippen LogP contribution >= 0.6 is 0 Å². The van der Waals surface area contributed by atoms with Crippen LogP contribution in [0.1, 0.15) is 42.2 Å².